The quantitative estimate of drug-likeness (QED) is 0.186. The maximum Gasteiger partial charge on any atom is 0.340 e. The van der Waals surface area contributed by atoms with E-state index in [0.29, 0.717) is 17.3 Å². The summed E-state index contributed by atoms with van der Waals surface area (Å²) in [7, 11) is 0. The summed E-state index contributed by atoms with van der Waals surface area (Å²) >= 11 is 0. The van der Waals surface area contributed by atoms with Crippen molar-refractivity contribution in [2.75, 3.05) is 6.61 Å². The predicted molar refractivity (Wildman–Crippen MR) is 170 cm³/mol. The number of esters is 2. The molecule has 236 valence electrons. The summed E-state index contributed by atoms with van der Waals surface area (Å²) in [6.45, 7) is 6.91. The molecule has 1 spiro atoms. The molecule has 44 heavy (non-hydrogen) atoms. The van der Waals surface area contributed by atoms with Crippen LogP contribution in [0.1, 0.15) is 103 Å². The summed E-state index contributed by atoms with van der Waals surface area (Å²) in [5, 5.41) is 19.5. The highest BCUT2D eigenvalue weighted by atomic mass is 16.5. The number of cyclic esters (lactones) is 2. The summed E-state index contributed by atoms with van der Waals surface area (Å²) in [6.07, 6.45) is 15.5. The fourth-order valence-corrected chi connectivity index (χ4v) is 8.92. The zero-order valence-corrected chi connectivity index (χ0v) is 26.6. The average molecular weight is 601 g/mol. The van der Waals surface area contributed by atoms with Crippen molar-refractivity contribution in [2.24, 2.45) is 35.0 Å². The standard InChI is InChI=1S/C38H48O6/c1-4-24(15-14-23(2)3)21-31-38-19-18-27(32(35(38)37(42)44-31)25-11-10-12-26(40)22-25)28-16-17-29-30(13-8-6-5-7-9-20-39)43-36(41)33(29)34(28)38/h10-13,21-24,27-28,34,39-40H,4-9,14-20H2,1-3H3/b30-13?,31-21-/t24-,27+,28-,34+,38+/m0/s1. The van der Waals surface area contributed by atoms with E-state index in [1.54, 1.807) is 12.1 Å². The van der Waals surface area contributed by atoms with Crippen LogP contribution in [-0.4, -0.2) is 28.8 Å². The van der Waals surface area contributed by atoms with E-state index in [4.69, 9.17) is 14.6 Å². The van der Waals surface area contributed by atoms with Crippen LogP contribution in [0.3, 0.4) is 0 Å². The van der Waals surface area contributed by atoms with E-state index in [-0.39, 0.29) is 48.0 Å². The first-order valence-corrected chi connectivity index (χ1v) is 17.0. The van der Waals surface area contributed by atoms with Crippen molar-refractivity contribution >= 4 is 17.5 Å². The summed E-state index contributed by atoms with van der Waals surface area (Å²) in [5.41, 5.74) is 3.68. The van der Waals surface area contributed by atoms with Crippen molar-refractivity contribution in [3.63, 3.8) is 0 Å². The number of aromatic hydroxyl groups is 1. The SMILES string of the molecule is CC[C@H](/C=C1\OC(=O)C2=C(c3cccc(O)c3)[C@@H]3CC[C@@]21[C@H]1C2=C(CC[C@@H]31)C(=CCCCCCCO)OC2=O)CCC(C)C. The Morgan fingerprint density at radius 3 is 2.59 bits per heavy atom. The van der Waals surface area contributed by atoms with E-state index in [0.717, 1.165) is 105 Å². The summed E-state index contributed by atoms with van der Waals surface area (Å²) < 4.78 is 12.3. The molecule has 1 aromatic carbocycles. The van der Waals surface area contributed by atoms with Gasteiger partial charge in [-0.3, -0.25) is 0 Å². The molecule has 0 aromatic heterocycles. The minimum absolute atomic E-state index is 0.106. The molecule has 2 N–H and O–H groups in total. The zero-order valence-electron chi connectivity index (χ0n) is 26.6. The van der Waals surface area contributed by atoms with Crippen LogP contribution in [-0.2, 0) is 19.1 Å². The Morgan fingerprint density at radius 1 is 1.02 bits per heavy atom. The molecule has 0 radical (unpaired) electrons. The number of ether oxygens (including phenoxy) is 2. The number of unbranched alkanes of at least 4 members (excludes halogenated alkanes) is 4. The van der Waals surface area contributed by atoms with Gasteiger partial charge in [0, 0.05) is 23.7 Å². The van der Waals surface area contributed by atoms with E-state index in [1.807, 2.05) is 12.1 Å². The fourth-order valence-electron chi connectivity index (χ4n) is 8.92. The number of aliphatic hydroxyl groups is 1. The molecule has 6 heteroatoms. The summed E-state index contributed by atoms with van der Waals surface area (Å²) in [5.74, 6) is 2.08. The first-order chi connectivity index (χ1) is 21.3. The Hall–Kier alpha value is -3.12. The van der Waals surface area contributed by atoms with Crippen molar-refractivity contribution in [3.05, 3.63) is 70.2 Å². The molecular formula is C38H48O6. The van der Waals surface area contributed by atoms with Gasteiger partial charge >= 0.3 is 11.9 Å². The highest BCUT2D eigenvalue weighted by molar-refractivity contribution is 6.06. The van der Waals surface area contributed by atoms with Crippen LogP contribution >= 0.6 is 0 Å². The van der Waals surface area contributed by atoms with Gasteiger partial charge in [-0.1, -0.05) is 52.2 Å². The number of carbonyl (C=O) groups is 2. The highest BCUT2D eigenvalue weighted by Gasteiger charge is 2.68. The number of carbonyl (C=O) groups excluding carboxylic acids is 2. The lowest BCUT2D eigenvalue weighted by Gasteiger charge is -2.56. The molecule has 1 saturated carbocycles. The molecule has 1 aromatic rings. The van der Waals surface area contributed by atoms with Gasteiger partial charge in [0.2, 0.25) is 0 Å². The van der Waals surface area contributed by atoms with Crippen LogP contribution in [0, 0.1) is 35.0 Å². The number of benzene rings is 1. The molecule has 2 heterocycles. The number of allylic oxidation sites excluding steroid dienone is 5. The Bertz CT molecular complexity index is 1430. The van der Waals surface area contributed by atoms with Crippen LogP contribution in [0.15, 0.2) is 64.7 Å². The van der Waals surface area contributed by atoms with E-state index in [9.17, 15) is 14.7 Å². The van der Waals surface area contributed by atoms with E-state index in [2.05, 4.69) is 32.9 Å². The molecule has 6 aliphatic rings. The first-order valence-electron chi connectivity index (χ1n) is 17.0. The van der Waals surface area contributed by atoms with Gasteiger partial charge in [0.1, 0.15) is 17.3 Å². The lowest BCUT2D eigenvalue weighted by atomic mass is 9.44. The van der Waals surface area contributed by atoms with Gasteiger partial charge in [-0.15, -0.1) is 0 Å². The van der Waals surface area contributed by atoms with Gasteiger partial charge in [-0.25, -0.2) is 9.59 Å². The third-order valence-corrected chi connectivity index (χ3v) is 11.0. The Morgan fingerprint density at radius 2 is 1.84 bits per heavy atom. The lowest BCUT2D eigenvalue weighted by Crippen LogP contribution is -2.52. The predicted octanol–water partition coefficient (Wildman–Crippen LogP) is 8.17. The average Bonchev–Trinajstić information content (AvgIpc) is 3.49. The number of hydrogen-bond donors (Lipinski definition) is 2. The third-order valence-electron chi connectivity index (χ3n) is 11.0. The van der Waals surface area contributed by atoms with Gasteiger partial charge in [0.25, 0.3) is 0 Å². The second-order valence-electron chi connectivity index (χ2n) is 14.0. The van der Waals surface area contributed by atoms with Gasteiger partial charge in [-0.2, -0.15) is 0 Å². The minimum Gasteiger partial charge on any atom is -0.508 e. The number of phenols is 1. The van der Waals surface area contributed by atoms with Crippen LogP contribution < -0.4 is 0 Å². The summed E-state index contributed by atoms with van der Waals surface area (Å²) in [6, 6.07) is 7.28. The zero-order chi connectivity index (χ0) is 31.0. The van der Waals surface area contributed by atoms with Crippen LogP contribution in [0.5, 0.6) is 5.75 Å². The van der Waals surface area contributed by atoms with Gasteiger partial charge in [0.05, 0.1) is 11.0 Å². The maximum absolute atomic E-state index is 14.0. The summed E-state index contributed by atoms with van der Waals surface area (Å²) in [4.78, 5) is 27.8. The molecule has 4 aliphatic carbocycles. The second kappa shape index (κ2) is 12.7. The van der Waals surface area contributed by atoms with Crippen LogP contribution in [0.4, 0.5) is 0 Å². The van der Waals surface area contributed by atoms with Gasteiger partial charge in [0.15, 0.2) is 0 Å². The van der Waals surface area contributed by atoms with E-state index < -0.39 is 5.41 Å². The Kier molecular flexibility index (Phi) is 8.92. The number of aliphatic hydroxyl groups excluding tert-OH is 1. The highest BCUT2D eigenvalue weighted by Crippen LogP contribution is 2.71. The third kappa shape index (κ3) is 5.27. The largest absolute Gasteiger partial charge is 0.508 e. The topological polar surface area (TPSA) is 93.1 Å². The van der Waals surface area contributed by atoms with Gasteiger partial charge < -0.3 is 19.7 Å². The Labute approximate surface area is 261 Å². The molecule has 2 fully saturated rings. The molecule has 7 rings (SSSR count). The van der Waals surface area contributed by atoms with Crippen LogP contribution in [0.2, 0.25) is 0 Å². The number of rotatable bonds is 12. The molecule has 2 bridgehead atoms. The maximum atomic E-state index is 14.0. The molecule has 0 unspecified atom stereocenters. The number of phenolic OH excluding ortho intramolecular Hbond substituents is 1. The van der Waals surface area contributed by atoms with Crippen molar-refractivity contribution < 1.29 is 29.3 Å². The molecule has 0 amide bonds. The van der Waals surface area contributed by atoms with Crippen molar-refractivity contribution in [3.8, 4) is 5.75 Å². The minimum atomic E-state index is -0.706. The lowest BCUT2D eigenvalue weighted by molar-refractivity contribution is -0.135. The number of hydrogen-bond acceptors (Lipinski definition) is 6. The molecule has 5 atom stereocenters. The normalized spacial score (nSPS) is 29.8. The van der Waals surface area contributed by atoms with Crippen molar-refractivity contribution in [1.82, 2.24) is 0 Å². The second-order valence-corrected chi connectivity index (χ2v) is 14.0. The van der Waals surface area contributed by atoms with Crippen LogP contribution in [0.25, 0.3) is 5.57 Å². The fraction of sp³-hybridized carbons (Fsp3) is 0.579. The molecular weight excluding hydrogens is 552 g/mol. The van der Waals surface area contributed by atoms with Gasteiger partial charge in [-0.05, 0) is 117 Å². The van der Waals surface area contributed by atoms with Crippen molar-refractivity contribution in [1.29, 1.82) is 0 Å². The number of fused-ring (bicyclic) bond motifs is 1. The Balaban J connectivity index is 1.47. The molecule has 6 nitrogen and oxygen atoms in total. The smallest absolute Gasteiger partial charge is 0.340 e. The molecule has 2 aliphatic heterocycles. The van der Waals surface area contributed by atoms with Crippen molar-refractivity contribution in [2.45, 2.75) is 97.8 Å². The van der Waals surface area contributed by atoms with E-state index in [1.165, 1.54) is 0 Å². The molecule has 1 saturated heterocycles. The first kappa shape index (κ1) is 30.9. The van der Waals surface area contributed by atoms with E-state index >= 15 is 0 Å². The monoisotopic (exact) mass is 600 g/mol.